The Bertz CT molecular complexity index is 362. The number of nitrogens with zero attached hydrogens (tertiary/aromatic N) is 1. The highest BCUT2D eigenvalue weighted by atomic mass is 19.1. The Morgan fingerprint density at radius 2 is 1.94 bits per heavy atom. The topological polar surface area (TPSA) is 15.3 Å². The molecule has 2 rings (SSSR count). The summed E-state index contributed by atoms with van der Waals surface area (Å²) in [6, 6.07) is 3.81. The molecule has 1 aliphatic heterocycles. The van der Waals surface area contributed by atoms with Gasteiger partial charge >= 0.3 is 0 Å². The van der Waals surface area contributed by atoms with Crippen LogP contribution in [0.25, 0.3) is 0 Å². The van der Waals surface area contributed by atoms with E-state index in [0.29, 0.717) is 5.56 Å². The van der Waals surface area contributed by atoms with Gasteiger partial charge in [-0.25, -0.2) is 8.78 Å². The van der Waals surface area contributed by atoms with Crippen molar-refractivity contribution in [2.24, 2.45) is 0 Å². The molecule has 2 nitrogen and oxygen atoms in total. The van der Waals surface area contributed by atoms with E-state index < -0.39 is 11.6 Å². The summed E-state index contributed by atoms with van der Waals surface area (Å²) >= 11 is 0. The van der Waals surface area contributed by atoms with Crippen LogP contribution < -0.4 is 5.32 Å². The molecule has 0 spiro atoms. The number of halogens is 2. The summed E-state index contributed by atoms with van der Waals surface area (Å²) in [4.78, 5) is 2.20. The van der Waals surface area contributed by atoms with E-state index in [9.17, 15) is 8.78 Å². The van der Waals surface area contributed by atoms with E-state index in [1.807, 2.05) is 6.92 Å². The van der Waals surface area contributed by atoms with Crippen LogP contribution in [-0.2, 0) is 0 Å². The van der Waals surface area contributed by atoms with Gasteiger partial charge in [0.2, 0.25) is 0 Å². The van der Waals surface area contributed by atoms with E-state index in [4.69, 9.17) is 0 Å². The van der Waals surface area contributed by atoms with Crippen LogP contribution in [0, 0.1) is 11.6 Å². The van der Waals surface area contributed by atoms with Crippen LogP contribution in [0.2, 0.25) is 0 Å². The first kappa shape index (κ1) is 11.5. The zero-order valence-electron chi connectivity index (χ0n) is 9.34. The highest BCUT2D eigenvalue weighted by molar-refractivity contribution is 5.21. The second kappa shape index (κ2) is 4.89. The monoisotopic (exact) mass is 226 g/mol. The number of piperazine rings is 1. The number of rotatable bonds is 2. The fourth-order valence-electron chi connectivity index (χ4n) is 2.11. The van der Waals surface area contributed by atoms with E-state index >= 15 is 0 Å². The molecule has 1 N–H and O–H groups in total. The second-order valence-corrected chi connectivity index (χ2v) is 4.13. The van der Waals surface area contributed by atoms with Crippen molar-refractivity contribution < 1.29 is 8.78 Å². The molecule has 0 bridgehead atoms. The average molecular weight is 226 g/mol. The minimum Gasteiger partial charge on any atom is -0.314 e. The van der Waals surface area contributed by atoms with Crippen LogP contribution in [0.5, 0.6) is 0 Å². The Morgan fingerprint density at radius 3 is 2.56 bits per heavy atom. The Hall–Kier alpha value is -1.00. The lowest BCUT2D eigenvalue weighted by molar-refractivity contribution is 0.182. The lowest BCUT2D eigenvalue weighted by atomic mass is 10.1. The van der Waals surface area contributed by atoms with Crippen molar-refractivity contribution in [1.29, 1.82) is 0 Å². The maximum absolute atomic E-state index is 13.6. The van der Waals surface area contributed by atoms with E-state index in [-0.39, 0.29) is 6.04 Å². The predicted molar refractivity (Wildman–Crippen MR) is 59.2 cm³/mol. The van der Waals surface area contributed by atoms with Crippen LogP contribution in [-0.4, -0.2) is 31.1 Å². The summed E-state index contributed by atoms with van der Waals surface area (Å²) in [5, 5.41) is 3.25. The predicted octanol–water partition coefficient (Wildman–Crippen LogP) is 1.93. The maximum Gasteiger partial charge on any atom is 0.130 e. The highest BCUT2D eigenvalue weighted by Gasteiger charge is 2.20. The number of benzene rings is 1. The fraction of sp³-hybridized carbons (Fsp3) is 0.500. The molecule has 88 valence electrons. The third kappa shape index (κ3) is 2.39. The SMILES string of the molecule is CC(c1ccc(F)cc1F)N1CCNCC1. The van der Waals surface area contributed by atoms with Gasteiger partial charge in [0, 0.05) is 43.9 Å². The van der Waals surface area contributed by atoms with Gasteiger partial charge in [0.1, 0.15) is 11.6 Å². The first-order chi connectivity index (χ1) is 7.68. The van der Waals surface area contributed by atoms with Gasteiger partial charge in [0.15, 0.2) is 0 Å². The molecule has 0 saturated carbocycles. The van der Waals surface area contributed by atoms with Crippen molar-refractivity contribution in [3.8, 4) is 0 Å². The molecular weight excluding hydrogens is 210 g/mol. The molecule has 1 aromatic rings. The van der Waals surface area contributed by atoms with Gasteiger partial charge in [-0.3, -0.25) is 4.90 Å². The van der Waals surface area contributed by atoms with Crippen molar-refractivity contribution in [3.05, 3.63) is 35.4 Å². The molecule has 0 aliphatic carbocycles. The zero-order valence-corrected chi connectivity index (χ0v) is 9.34. The summed E-state index contributed by atoms with van der Waals surface area (Å²) in [6.07, 6.45) is 0. The lowest BCUT2D eigenvalue weighted by Crippen LogP contribution is -2.44. The maximum atomic E-state index is 13.6. The molecule has 0 amide bonds. The molecule has 1 aliphatic rings. The van der Waals surface area contributed by atoms with Crippen LogP contribution in [0.15, 0.2) is 18.2 Å². The minimum atomic E-state index is -0.520. The summed E-state index contributed by atoms with van der Waals surface area (Å²) in [6.45, 7) is 5.61. The molecule has 0 radical (unpaired) electrons. The lowest BCUT2D eigenvalue weighted by Gasteiger charge is -2.33. The Balaban J connectivity index is 2.15. The van der Waals surface area contributed by atoms with Crippen molar-refractivity contribution in [1.82, 2.24) is 10.2 Å². The molecule has 1 aromatic carbocycles. The Kier molecular flexibility index (Phi) is 3.51. The van der Waals surface area contributed by atoms with E-state index in [2.05, 4.69) is 10.2 Å². The van der Waals surface area contributed by atoms with E-state index in [1.54, 1.807) is 0 Å². The van der Waals surface area contributed by atoms with Crippen molar-refractivity contribution in [2.75, 3.05) is 26.2 Å². The van der Waals surface area contributed by atoms with Gasteiger partial charge in [0.25, 0.3) is 0 Å². The van der Waals surface area contributed by atoms with Crippen LogP contribution in [0.3, 0.4) is 0 Å². The molecule has 1 unspecified atom stereocenters. The Labute approximate surface area is 94.3 Å². The third-order valence-corrected chi connectivity index (χ3v) is 3.11. The summed E-state index contributed by atoms with van der Waals surface area (Å²) < 4.78 is 26.4. The number of nitrogens with one attached hydrogen (secondary N) is 1. The van der Waals surface area contributed by atoms with Gasteiger partial charge in [-0.2, -0.15) is 0 Å². The standard InChI is InChI=1S/C12H16F2N2/c1-9(16-6-4-15-5-7-16)11-3-2-10(13)8-12(11)14/h2-3,8-9,15H,4-7H2,1H3. The molecule has 0 aromatic heterocycles. The molecule has 1 fully saturated rings. The quantitative estimate of drug-likeness (QED) is 0.829. The van der Waals surface area contributed by atoms with Gasteiger partial charge in [-0.15, -0.1) is 0 Å². The van der Waals surface area contributed by atoms with Gasteiger partial charge < -0.3 is 5.32 Å². The fourth-order valence-corrected chi connectivity index (χ4v) is 2.11. The first-order valence-electron chi connectivity index (χ1n) is 5.58. The Morgan fingerprint density at radius 1 is 1.25 bits per heavy atom. The van der Waals surface area contributed by atoms with Crippen LogP contribution >= 0.6 is 0 Å². The van der Waals surface area contributed by atoms with E-state index in [0.717, 1.165) is 32.2 Å². The molecule has 1 atom stereocenters. The van der Waals surface area contributed by atoms with Crippen molar-refractivity contribution in [2.45, 2.75) is 13.0 Å². The van der Waals surface area contributed by atoms with Crippen molar-refractivity contribution >= 4 is 0 Å². The summed E-state index contributed by atoms with van der Waals surface area (Å²) in [5.41, 5.74) is 0.573. The van der Waals surface area contributed by atoms with Crippen molar-refractivity contribution in [3.63, 3.8) is 0 Å². The second-order valence-electron chi connectivity index (χ2n) is 4.13. The third-order valence-electron chi connectivity index (χ3n) is 3.11. The molecule has 1 saturated heterocycles. The highest BCUT2D eigenvalue weighted by Crippen LogP contribution is 2.23. The normalized spacial score (nSPS) is 19.7. The number of hydrogen-bond acceptors (Lipinski definition) is 2. The zero-order chi connectivity index (χ0) is 11.5. The summed E-state index contributed by atoms with van der Waals surface area (Å²) in [5.74, 6) is -0.972. The molecular formula is C12H16F2N2. The average Bonchev–Trinajstić information content (AvgIpc) is 2.29. The number of hydrogen-bond donors (Lipinski definition) is 1. The van der Waals surface area contributed by atoms with Crippen LogP contribution in [0.4, 0.5) is 8.78 Å². The van der Waals surface area contributed by atoms with Gasteiger partial charge in [-0.05, 0) is 13.0 Å². The first-order valence-corrected chi connectivity index (χ1v) is 5.58. The summed E-state index contributed by atoms with van der Waals surface area (Å²) in [7, 11) is 0. The smallest absolute Gasteiger partial charge is 0.130 e. The molecule has 4 heteroatoms. The van der Waals surface area contributed by atoms with Crippen LogP contribution in [0.1, 0.15) is 18.5 Å². The minimum absolute atomic E-state index is 0.00250. The van der Waals surface area contributed by atoms with Gasteiger partial charge in [-0.1, -0.05) is 6.07 Å². The van der Waals surface area contributed by atoms with E-state index in [1.165, 1.54) is 12.1 Å². The van der Waals surface area contributed by atoms with Gasteiger partial charge in [0.05, 0.1) is 0 Å². The largest absolute Gasteiger partial charge is 0.314 e. The molecule has 16 heavy (non-hydrogen) atoms. The molecule has 1 heterocycles.